The zero-order chi connectivity index (χ0) is 13.1. The largest absolute Gasteiger partial charge is 0.370 e. The molecule has 0 amide bonds. The molecule has 1 aromatic carbocycles. The Hall–Kier alpha value is -2.10. The predicted octanol–water partition coefficient (Wildman–Crippen LogP) is 1.84. The van der Waals surface area contributed by atoms with Gasteiger partial charge < -0.3 is 11.1 Å². The van der Waals surface area contributed by atoms with Gasteiger partial charge in [-0.3, -0.25) is 9.98 Å². The highest BCUT2D eigenvalue weighted by Gasteiger charge is 2.21. The quantitative estimate of drug-likeness (QED) is 0.646. The Balaban J connectivity index is 1.61. The molecule has 0 radical (unpaired) electrons. The number of nitrogens with two attached hydrogens (primary N) is 1. The molecule has 4 heteroatoms. The van der Waals surface area contributed by atoms with E-state index in [0.717, 1.165) is 17.6 Å². The van der Waals surface area contributed by atoms with Gasteiger partial charge in [-0.25, -0.2) is 0 Å². The number of rotatable bonds is 4. The van der Waals surface area contributed by atoms with E-state index >= 15 is 0 Å². The Morgan fingerprint density at radius 2 is 2.11 bits per heavy atom. The van der Waals surface area contributed by atoms with E-state index in [1.54, 1.807) is 0 Å². The van der Waals surface area contributed by atoms with Gasteiger partial charge in [-0.15, -0.1) is 0 Å². The average Bonchev–Trinajstić information content (AvgIpc) is 3.22. The lowest BCUT2D eigenvalue weighted by molar-refractivity contribution is 0.863. The van der Waals surface area contributed by atoms with Gasteiger partial charge in [-0.05, 0) is 25.0 Å². The van der Waals surface area contributed by atoms with Crippen LogP contribution in [0.4, 0.5) is 0 Å². The summed E-state index contributed by atoms with van der Waals surface area (Å²) in [6.45, 7) is 0.677. The van der Waals surface area contributed by atoms with Crippen LogP contribution in [0.5, 0.6) is 0 Å². The second-order valence-electron chi connectivity index (χ2n) is 4.93. The van der Waals surface area contributed by atoms with E-state index in [0.29, 0.717) is 18.5 Å². The van der Waals surface area contributed by atoms with Crippen LogP contribution >= 0.6 is 0 Å². The Labute approximate surface area is 112 Å². The van der Waals surface area contributed by atoms with Gasteiger partial charge >= 0.3 is 0 Å². The molecule has 0 saturated heterocycles. The first-order chi connectivity index (χ1) is 9.31. The summed E-state index contributed by atoms with van der Waals surface area (Å²) in [7, 11) is 0. The van der Waals surface area contributed by atoms with Crippen molar-refractivity contribution in [3.05, 3.63) is 42.1 Å². The molecule has 1 heterocycles. The fourth-order valence-corrected chi connectivity index (χ4v) is 2.02. The molecule has 1 aliphatic carbocycles. The molecule has 1 aliphatic rings. The van der Waals surface area contributed by atoms with Crippen LogP contribution in [0.2, 0.25) is 0 Å². The molecule has 0 spiro atoms. The summed E-state index contributed by atoms with van der Waals surface area (Å²) in [6.07, 6.45) is 3.24. The van der Waals surface area contributed by atoms with Crippen molar-refractivity contribution in [1.82, 2.24) is 10.3 Å². The summed E-state index contributed by atoms with van der Waals surface area (Å²) in [5.74, 6) is 0.559. The fourth-order valence-electron chi connectivity index (χ4n) is 2.02. The lowest BCUT2D eigenvalue weighted by atomic mass is 10.2. The van der Waals surface area contributed by atoms with Crippen LogP contribution in [0.25, 0.3) is 10.9 Å². The third-order valence-corrected chi connectivity index (χ3v) is 3.24. The normalized spacial score (nSPS) is 15.7. The standard InChI is InChI=1S/C15H18N4/c16-15(19-12-7-8-12)17-10-9-13-6-5-11-3-1-2-4-14(11)18-13/h1-6,12H,7-10H2,(H3,16,17,19). The van der Waals surface area contributed by atoms with Crippen molar-refractivity contribution in [3.63, 3.8) is 0 Å². The highest BCUT2D eigenvalue weighted by Crippen LogP contribution is 2.18. The second-order valence-corrected chi connectivity index (χ2v) is 4.93. The molecule has 0 unspecified atom stereocenters. The maximum Gasteiger partial charge on any atom is 0.188 e. The molecule has 1 saturated carbocycles. The molecular formula is C15H18N4. The Kier molecular flexibility index (Phi) is 3.31. The summed E-state index contributed by atoms with van der Waals surface area (Å²) < 4.78 is 0. The van der Waals surface area contributed by atoms with Crippen molar-refractivity contribution in [3.8, 4) is 0 Å². The van der Waals surface area contributed by atoms with E-state index in [9.17, 15) is 0 Å². The van der Waals surface area contributed by atoms with Gasteiger partial charge in [-0.2, -0.15) is 0 Å². The number of hydrogen-bond donors (Lipinski definition) is 2. The zero-order valence-electron chi connectivity index (χ0n) is 10.8. The van der Waals surface area contributed by atoms with Crippen LogP contribution < -0.4 is 11.1 Å². The molecule has 1 aromatic heterocycles. The Bertz CT molecular complexity index is 602. The van der Waals surface area contributed by atoms with Crippen LogP contribution in [0.3, 0.4) is 0 Å². The molecule has 0 atom stereocenters. The van der Waals surface area contributed by atoms with Gasteiger partial charge in [0, 0.05) is 30.1 Å². The van der Waals surface area contributed by atoms with Crippen molar-refractivity contribution < 1.29 is 0 Å². The summed E-state index contributed by atoms with van der Waals surface area (Å²) in [4.78, 5) is 8.94. The van der Waals surface area contributed by atoms with E-state index in [2.05, 4.69) is 33.5 Å². The van der Waals surface area contributed by atoms with Gasteiger partial charge in [0.15, 0.2) is 5.96 Å². The molecular weight excluding hydrogens is 236 g/mol. The summed E-state index contributed by atoms with van der Waals surface area (Å²) in [5.41, 5.74) is 7.88. The molecule has 19 heavy (non-hydrogen) atoms. The molecule has 4 nitrogen and oxygen atoms in total. The van der Waals surface area contributed by atoms with E-state index < -0.39 is 0 Å². The smallest absolute Gasteiger partial charge is 0.188 e. The number of benzene rings is 1. The lowest BCUT2D eigenvalue weighted by Gasteiger charge is -2.04. The molecule has 3 N–H and O–H groups in total. The van der Waals surface area contributed by atoms with E-state index in [1.807, 2.05) is 18.2 Å². The molecule has 2 aromatic rings. The lowest BCUT2D eigenvalue weighted by Crippen LogP contribution is -2.33. The van der Waals surface area contributed by atoms with Crippen molar-refractivity contribution in [1.29, 1.82) is 0 Å². The van der Waals surface area contributed by atoms with E-state index in [4.69, 9.17) is 5.73 Å². The van der Waals surface area contributed by atoms with Crippen molar-refractivity contribution in [2.75, 3.05) is 6.54 Å². The van der Waals surface area contributed by atoms with Crippen molar-refractivity contribution >= 4 is 16.9 Å². The maximum atomic E-state index is 5.79. The first kappa shape index (κ1) is 12.0. The predicted molar refractivity (Wildman–Crippen MR) is 78.1 cm³/mol. The highest BCUT2D eigenvalue weighted by atomic mass is 15.1. The van der Waals surface area contributed by atoms with Crippen molar-refractivity contribution in [2.45, 2.75) is 25.3 Å². The molecule has 98 valence electrons. The number of guanidine groups is 1. The van der Waals surface area contributed by atoms with Crippen LogP contribution in [-0.2, 0) is 6.42 Å². The average molecular weight is 254 g/mol. The van der Waals surface area contributed by atoms with Gasteiger partial charge in [0.05, 0.1) is 5.52 Å². The molecule has 0 bridgehead atoms. The second kappa shape index (κ2) is 5.26. The first-order valence-electron chi connectivity index (χ1n) is 6.72. The number of aromatic nitrogens is 1. The van der Waals surface area contributed by atoms with Gasteiger partial charge in [0.1, 0.15) is 0 Å². The summed E-state index contributed by atoms with van der Waals surface area (Å²) in [6, 6.07) is 12.9. The van der Waals surface area contributed by atoms with Gasteiger partial charge in [0.2, 0.25) is 0 Å². The molecule has 0 aliphatic heterocycles. The zero-order valence-corrected chi connectivity index (χ0v) is 10.8. The first-order valence-corrected chi connectivity index (χ1v) is 6.72. The number of nitrogens with one attached hydrogen (secondary N) is 1. The third kappa shape index (κ3) is 3.22. The minimum atomic E-state index is 0.558. The van der Waals surface area contributed by atoms with Crippen molar-refractivity contribution in [2.24, 2.45) is 10.7 Å². The van der Waals surface area contributed by atoms with E-state index in [-0.39, 0.29) is 0 Å². The van der Waals surface area contributed by atoms with Gasteiger partial charge in [-0.1, -0.05) is 24.3 Å². The van der Waals surface area contributed by atoms with E-state index in [1.165, 1.54) is 18.2 Å². The van der Waals surface area contributed by atoms with Crippen LogP contribution in [0.1, 0.15) is 18.5 Å². The van der Waals surface area contributed by atoms with Crippen LogP contribution in [-0.4, -0.2) is 23.5 Å². The number of pyridine rings is 1. The number of nitrogens with zero attached hydrogens (tertiary/aromatic N) is 2. The third-order valence-electron chi connectivity index (χ3n) is 3.24. The Morgan fingerprint density at radius 1 is 1.26 bits per heavy atom. The molecule has 3 rings (SSSR count). The summed E-state index contributed by atoms with van der Waals surface area (Å²) in [5, 5.41) is 4.35. The highest BCUT2D eigenvalue weighted by molar-refractivity contribution is 5.79. The van der Waals surface area contributed by atoms with Crippen LogP contribution in [0.15, 0.2) is 41.4 Å². The Morgan fingerprint density at radius 3 is 2.95 bits per heavy atom. The minimum absolute atomic E-state index is 0.558. The number of aliphatic imine (C=N–C) groups is 1. The number of hydrogen-bond acceptors (Lipinski definition) is 2. The summed E-state index contributed by atoms with van der Waals surface area (Å²) >= 11 is 0. The maximum absolute atomic E-state index is 5.79. The fraction of sp³-hybridized carbons (Fsp3) is 0.333. The van der Waals surface area contributed by atoms with Crippen LogP contribution in [0, 0.1) is 0 Å². The number of fused-ring (bicyclic) bond motifs is 1. The number of para-hydroxylation sites is 1. The monoisotopic (exact) mass is 254 g/mol. The SMILES string of the molecule is NC(=NCCc1ccc2ccccc2n1)NC1CC1. The molecule has 1 fully saturated rings. The topological polar surface area (TPSA) is 63.3 Å². The minimum Gasteiger partial charge on any atom is -0.370 e. The van der Waals surface area contributed by atoms with Gasteiger partial charge in [0.25, 0.3) is 0 Å².